The molecule has 1 N–H and O–H groups in total. The largest absolute Gasteiger partial charge is 0.416 e. The van der Waals surface area contributed by atoms with Gasteiger partial charge in [-0.3, -0.25) is 0 Å². The molecule has 0 atom stereocenters. The Balaban J connectivity index is 2.14. The molecule has 0 aromatic heterocycles. The number of halogens is 1. The van der Waals surface area contributed by atoms with Crippen LogP contribution >= 0.6 is 11.6 Å². The number of nitrogens with one attached hydrogen (secondary N) is 1. The van der Waals surface area contributed by atoms with E-state index in [0.29, 0.717) is 22.1 Å². The molecule has 1 fully saturated rings. The Bertz CT molecular complexity index is 973. The first kappa shape index (κ1) is 25.4. The summed E-state index contributed by atoms with van der Waals surface area (Å²) < 4.78 is 11.5. The number of benzene rings is 1. The van der Waals surface area contributed by atoms with Crippen molar-refractivity contribution in [2.75, 3.05) is 0 Å². The van der Waals surface area contributed by atoms with Crippen molar-refractivity contribution in [2.45, 2.75) is 90.8 Å². The summed E-state index contributed by atoms with van der Waals surface area (Å²) in [6, 6.07) is 6.43. The SMILES string of the molecule is CC1CCC(NC(C)(C)C)(C2=C(OC(=O)c3ccc(Cl)cc3)C(=NC(C)(C)C)OC2=O)CC1. The van der Waals surface area contributed by atoms with Crippen LogP contribution in [0.1, 0.15) is 84.5 Å². The topological polar surface area (TPSA) is 77.0 Å². The van der Waals surface area contributed by atoms with E-state index < -0.39 is 23.0 Å². The van der Waals surface area contributed by atoms with Crippen molar-refractivity contribution >= 4 is 29.4 Å². The number of rotatable bonds is 4. The lowest BCUT2D eigenvalue weighted by atomic mass is 9.71. The van der Waals surface area contributed by atoms with Crippen LogP contribution in [0.4, 0.5) is 0 Å². The first-order valence-corrected chi connectivity index (χ1v) is 11.9. The molecule has 0 bridgehead atoms. The quantitative estimate of drug-likeness (QED) is 0.554. The zero-order valence-corrected chi connectivity index (χ0v) is 21.4. The third-order valence-electron chi connectivity index (χ3n) is 5.75. The van der Waals surface area contributed by atoms with Gasteiger partial charge < -0.3 is 14.8 Å². The van der Waals surface area contributed by atoms with Crippen LogP contribution < -0.4 is 5.32 Å². The number of aliphatic imine (C=N–C) groups is 1. The molecule has 1 aliphatic carbocycles. The maximum atomic E-state index is 13.3. The van der Waals surface area contributed by atoms with E-state index in [1.165, 1.54) is 0 Å². The highest BCUT2D eigenvalue weighted by molar-refractivity contribution is 6.30. The molecular weight excluding hydrogens is 440 g/mol. The summed E-state index contributed by atoms with van der Waals surface area (Å²) >= 11 is 5.96. The summed E-state index contributed by atoms with van der Waals surface area (Å²) in [7, 11) is 0. The average Bonchev–Trinajstić information content (AvgIpc) is 2.97. The van der Waals surface area contributed by atoms with Gasteiger partial charge >= 0.3 is 11.9 Å². The first-order chi connectivity index (χ1) is 15.2. The average molecular weight is 475 g/mol. The second-order valence-corrected chi connectivity index (χ2v) is 11.7. The minimum Gasteiger partial charge on any atom is -0.416 e. The molecule has 6 nitrogen and oxygen atoms in total. The van der Waals surface area contributed by atoms with Crippen molar-refractivity contribution in [2.24, 2.45) is 10.9 Å². The van der Waals surface area contributed by atoms with Gasteiger partial charge in [0, 0.05) is 10.6 Å². The molecule has 1 aliphatic heterocycles. The Hall–Kier alpha value is -2.18. The molecule has 0 spiro atoms. The Labute approximate surface area is 201 Å². The van der Waals surface area contributed by atoms with E-state index in [1.54, 1.807) is 24.3 Å². The van der Waals surface area contributed by atoms with Crippen molar-refractivity contribution in [3.05, 3.63) is 46.2 Å². The highest BCUT2D eigenvalue weighted by Crippen LogP contribution is 2.43. The van der Waals surface area contributed by atoms with Crippen molar-refractivity contribution in [3.63, 3.8) is 0 Å². The number of ether oxygens (including phenoxy) is 2. The zero-order valence-electron chi connectivity index (χ0n) is 20.7. The van der Waals surface area contributed by atoms with E-state index >= 15 is 0 Å². The molecule has 0 amide bonds. The summed E-state index contributed by atoms with van der Waals surface area (Å²) in [5.41, 5.74) is -0.796. The lowest BCUT2D eigenvalue weighted by molar-refractivity contribution is -0.131. The van der Waals surface area contributed by atoms with Crippen LogP contribution in [0.3, 0.4) is 0 Å². The number of cyclic esters (lactones) is 1. The highest BCUT2D eigenvalue weighted by Gasteiger charge is 2.50. The van der Waals surface area contributed by atoms with Gasteiger partial charge in [-0.1, -0.05) is 18.5 Å². The third kappa shape index (κ3) is 6.24. The molecule has 3 rings (SSSR count). The van der Waals surface area contributed by atoms with Gasteiger partial charge in [-0.2, -0.15) is 0 Å². The number of hydrogen-bond donors (Lipinski definition) is 1. The van der Waals surface area contributed by atoms with Gasteiger partial charge in [0.25, 0.3) is 5.90 Å². The van der Waals surface area contributed by atoms with E-state index in [0.717, 1.165) is 25.7 Å². The standard InChI is InChI=1S/C26H35ClN2O4/c1-16-12-14-26(15-13-16,29-25(5,6)7)19-20(21(33-23(19)31)28-24(2,3)4)32-22(30)17-8-10-18(27)11-9-17/h8-11,16,29H,12-15H2,1-7H3. The molecule has 1 saturated carbocycles. The summed E-state index contributed by atoms with van der Waals surface area (Å²) in [4.78, 5) is 30.9. The van der Waals surface area contributed by atoms with E-state index in [4.69, 9.17) is 21.1 Å². The van der Waals surface area contributed by atoms with Crippen LogP contribution in [-0.2, 0) is 14.3 Å². The van der Waals surface area contributed by atoms with Gasteiger partial charge in [-0.25, -0.2) is 14.6 Å². The minimum atomic E-state index is -0.674. The normalized spacial score (nSPS) is 25.4. The fourth-order valence-corrected chi connectivity index (χ4v) is 4.54. The molecule has 2 aliphatic rings. The molecule has 7 heteroatoms. The Kier molecular flexibility index (Phi) is 7.11. The Morgan fingerprint density at radius 1 is 1.12 bits per heavy atom. The summed E-state index contributed by atoms with van der Waals surface area (Å²) in [5, 5.41) is 4.19. The van der Waals surface area contributed by atoms with Crippen molar-refractivity contribution in [3.8, 4) is 0 Å². The van der Waals surface area contributed by atoms with Crippen LogP contribution in [-0.4, -0.2) is 34.5 Å². The maximum Gasteiger partial charge on any atom is 0.346 e. The fraction of sp³-hybridized carbons (Fsp3) is 0.577. The molecule has 33 heavy (non-hydrogen) atoms. The van der Waals surface area contributed by atoms with E-state index in [1.807, 2.05) is 20.8 Å². The number of esters is 2. The van der Waals surface area contributed by atoms with Crippen LogP contribution in [0, 0.1) is 5.92 Å². The second kappa shape index (κ2) is 9.22. The van der Waals surface area contributed by atoms with Crippen LogP contribution in [0.25, 0.3) is 0 Å². The van der Waals surface area contributed by atoms with Crippen molar-refractivity contribution in [1.29, 1.82) is 0 Å². The third-order valence-corrected chi connectivity index (χ3v) is 6.00. The van der Waals surface area contributed by atoms with Crippen molar-refractivity contribution in [1.82, 2.24) is 5.32 Å². The summed E-state index contributed by atoms with van der Waals surface area (Å²) in [5.74, 6) is -0.377. The number of carbonyl (C=O) groups is 2. The van der Waals surface area contributed by atoms with Crippen LogP contribution in [0.2, 0.25) is 5.02 Å². The number of carbonyl (C=O) groups excluding carboxylic acids is 2. The Morgan fingerprint density at radius 2 is 1.70 bits per heavy atom. The molecule has 0 unspecified atom stereocenters. The van der Waals surface area contributed by atoms with Crippen LogP contribution in [0.5, 0.6) is 0 Å². The van der Waals surface area contributed by atoms with Gasteiger partial charge in [-0.05, 0) is 97.4 Å². The van der Waals surface area contributed by atoms with Gasteiger partial charge in [0.15, 0.2) is 0 Å². The predicted octanol–water partition coefficient (Wildman–Crippen LogP) is 5.84. The zero-order chi connectivity index (χ0) is 24.6. The number of hydrogen-bond acceptors (Lipinski definition) is 6. The van der Waals surface area contributed by atoms with Gasteiger partial charge in [-0.15, -0.1) is 0 Å². The molecule has 180 valence electrons. The number of nitrogens with zero attached hydrogens (tertiary/aromatic N) is 1. The smallest absolute Gasteiger partial charge is 0.346 e. The minimum absolute atomic E-state index is 0.0542. The van der Waals surface area contributed by atoms with Crippen LogP contribution in [0.15, 0.2) is 40.6 Å². The maximum absolute atomic E-state index is 13.3. The van der Waals surface area contributed by atoms with Gasteiger partial charge in [0.1, 0.15) is 5.57 Å². The summed E-state index contributed by atoms with van der Waals surface area (Å²) in [6.45, 7) is 14.1. The monoisotopic (exact) mass is 474 g/mol. The lowest BCUT2D eigenvalue weighted by Crippen LogP contribution is -2.58. The molecule has 1 aromatic rings. The van der Waals surface area contributed by atoms with E-state index in [2.05, 4.69) is 38.0 Å². The lowest BCUT2D eigenvalue weighted by Gasteiger charge is -2.44. The molecule has 1 heterocycles. The molecule has 0 radical (unpaired) electrons. The van der Waals surface area contributed by atoms with E-state index in [-0.39, 0.29) is 17.2 Å². The fourth-order valence-electron chi connectivity index (χ4n) is 4.42. The van der Waals surface area contributed by atoms with Crippen molar-refractivity contribution < 1.29 is 19.1 Å². The van der Waals surface area contributed by atoms with Gasteiger partial charge in [0.05, 0.1) is 16.6 Å². The predicted molar refractivity (Wildman–Crippen MR) is 130 cm³/mol. The molecular formula is C26H35ClN2O4. The highest BCUT2D eigenvalue weighted by atomic mass is 35.5. The first-order valence-electron chi connectivity index (χ1n) is 11.5. The Morgan fingerprint density at radius 3 is 2.21 bits per heavy atom. The van der Waals surface area contributed by atoms with Gasteiger partial charge in [0.2, 0.25) is 5.76 Å². The molecule has 1 aromatic carbocycles. The van der Waals surface area contributed by atoms with E-state index in [9.17, 15) is 9.59 Å². The summed E-state index contributed by atoms with van der Waals surface area (Å²) in [6.07, 6.45) is 3.37. The second-order valence-electron chi connectivity index (χ2n) is 11.2. The molecule has 0 saturated heterocycles.